The highest BCUT2D eigenvalue weighted by atomic mass is 35.5. The maximum Gasteiger partial charge on any atom is 0.337 e. The van der Waals surface area contributed by atoms with Crippen molar-refractivity contribution in [3.05, 3.63) is 57.6 Å². The number of benzene rings is 2. The molecule has 2 aromatic carbocycles. The average molecular weight is 312 g/mol. The molecule has 104 valence electrons. The fraction of sp³-hybridized carbons (Fsp3) is 0.0714. The van der Waals surface area contributed by atoms with E-state index in [4.69, 9.17) is 38.8 Å². The van der Waals surface area contributed by atoms with E-state index < -0.39 is 5.97 Å². The summed E-state index contributed by atoms with van der Waals surface area (Å²) in [6, 6.07) is 9.68. The van der Waals surface area contributed by atoms with Crippen molar-refractivity contribution in [1.82, 2.24) is 0 Å². The average Bonchev–Trinajstić information content (AvgIpc) is 2.41. The van der Waals surface area contributed by atoms with Crippen molar-refractivity contribution in [2.75, 3.05) is 5.73 Å². The monoisotopic (exact) mass is 311 g/mol. The van der Waals surface area contributed by atoms with Crippen LogP contribution in [0.15, 0.2) is 36.4 Å². The Morgan fingerprint density at radius 3 is 2.70 bits per heavy atom. The Hall–Kier alpha value is -1.91. The van der Waals surface area contributed by atoms with Gasteiger partial charge in [0.25, 0.3) is 0 Å². The third-order valence-corrected chi connectivity index (χ3v) is 3.54. The molecular formula is C14H11Cl2NO3. The van der Waals surface area contributed by atoms with Gasteiger partial charge in [0.1, 0.15) is 12.4 Å². The van der Waals surface area contributed by atoms with Crippen LogP contribution in [0.4, 0.5) is 5.69 Å². The molecule has 0 aliphatic rings. The van der Waals surface area contributed by atoms with E-state index >= 15 is 0 Å². The molecule has 2 rings (SSSR count). The Balaban J connectivity index is 2.17. The van der Waals surface area contributed by atoms with Gasteiger partial charge in [-0.25, -0.2) is 4.79 Å². The van der Waals surface area contributed by atoms with E-state index in [9.17, 15) is 4.79 Å². The first kappa shape index (κ1) is 14.5. The molecule has 0 saturated carbocycles. The van der Waals surface area contributed by atoms with E-state index in [0.29, 0.717) is 21.4 Å². The minimum atomic E-state index is -1.10. The fourth-order valence-electron chi connectivity index (χ4n) is 1.63. The number of halogens is 2. The standard InChI is InChI=1S/C14H11Cl2NO3/c15-11-3-1-2-8(13(11)16)7-20-9-4-5-12(17)10(6-9)14(18)19/h1-6H,7,17H2,(H,18,19). The van der Waals surface area contributed by atoms with E-state index in [1.54, 1.807) is 24.3 Å². The maximum absolute atomic E-state index is 11.0. The van der Waals surface area contributed by atoms with Gasteiger partial charge in [0, 0.05) is 11.3 Å². The van der Waals surface area contributed by atoms with Crippen molar-refractivity contribution < 1.29 is 14.6 Å². The zero-order valence-corrected chi connectivity index (χ0v) is 11.8. The SMILES string of the molecule is Nc1ccc(OCc2cccc(Cl)c2Cl)cc1C(=O)O. The highest BCUT2D eigenvalue weighted by Crippen LogP contribution is 2.27. The molecule has 0 spiro atoms. The molecule has 2 aromatic rings. The van der Waals surface area contributed by atoms with Crippen LogP contribution in [0, 0.1) is 0 Å². The topological polar surface area (TPSA) is 72.5 Å². The molecule has 6 heteroatoms. The van der Waals surface area contributed by atoms with Crippen LogP contribution >= 0.6 is 23.2 Å². The molecule has 0 aromatic heterocycles. The first-order valence-corrected chi connectivity index (χ1v) is 6.43. The normalized spacial score (nSPS) is 10.3. The number of rotatable bonds is 4. The van der Waals surface area contributed by atoms with Crippen molar-refractivity contribution in [3.63, 3.8) is 0 Å². The first-order chi connectivity index (χ1) is 9.49. The summed E-state index contributed by atoms with van der Waals surface area (Å²) in [7, 11) is 0. The lowest BCUT2D eigenvalue weighted by atomic mass is 10.1. The molecule has 0 atom stereocenters. The number of nitrogens with two attached hydrogens (primary N) is 1. The van der Waals surface area contributed by atoms with E-state index in [0.717, 1.165) is 0 Å². The van der Waals surface area contributed by atoms with Gasteiger partial charge in [-0.1, -0.05) is 35.3 Å². The zero-order valence-electron chi connectivity index (χ0n) is 10.3. The van der Waals surface area contributed by atoms with Crippen LogP contribution < -0.4 is 10.5 Å². The predicted molar refractivity (Wildman–Crippen MR) is 78.6 cm³/mol. The summed E-state index contributed by atoms with van der Waals surface area (Å²) in [4.78, 5) is 11.0. The second-order valence-corrected chi connectivity index (χ2v) is 4.84. The summed E-state index contributed by atoms with van der Waals surface area (Å²) in [5.41, 5.74) is 6.47. The van der Waals surface area contributed by atoms with E-state index in [2.05, 4.69) is 0 Å². The molecule has 0 unspecified atom stereocenters. The van der Waals surface area contributed by atoms with Crippen LogP contribution in [0.1, 0.15) is 15.9 Å². The molecular weight excluding hydrogens is 301 g/mol. The zero-order chi connectivity index (χ0) is 14.7. The van der Waals surface area contributed by atoms with Crippen molar-refractivity contribution in [2.45, 2.75) is 6.61 Å². The lowest BCUT2D eigenvalue weighted by Crippen LogP contribution is -2.03. The van der Waals surface area contributed by atoms with Crippen LogP contribution in [-0.4, -0.2) is 11.1 Å². The maximum atomic E-state index is 11.0. The molecule has 20 heavy (non-hydrogen) atoms. The van der Waals surface area contributed by atoms with Crippen LogP contribution in [0.2, 0.25) is 10.0 Å². The Bertz CT molecular complexity index is 659. The second-order valence-electron chi connectivity index (χ2n) is 4.06. The lowest BCUT2D eigenvalue weighted by Gasteiger charge is -2.10. The van der Waals surface area contributed by atoms with Crippen LogP contribution in [0.3, 0.4) is 0 Å². The molecule has 0 amide bonds. The Morgan fingerprint density at radius 2 is 2.00 bits per heavy atom. The number of anilines is 1. The number of ether oxygens (including phenoxy) is 1. The van der Waals surface area contributed by atoms with Gasteiger partial charge in [-0.2, -0.15) is 0 Å². The van der Waals surface area contributed by atoms with Gasteiger partial charge in [0.15, 0.2) is 0 Å². The number of carboxylic acids is 1. The molecule has 0 saturated heterocycles. The van der Waals surface area contributed by atoms with Gasteiger partial charge in [-0.3, -0.25) is 0 Å². The number of hydrogen-bond donors (Lipinski definition) is 2. The molecule has 0 heterocycles. The molecule has 0 radical (unpaired) electrons. The molecule has 3 N–H and O–H groups in total. The molecule has 0 fully saturated rings. The quantitative estimate of drug-likeness (QED) is 0.841. The minimum Gasteiger partial charge on any atom is -0.489 e. The third kappa shape index (κ3) is 3.15. The van der Waals surface area contributed by atoms with Crippen molar-refractivity contribution in [1.29, 1.82) is 0 Å². The van der Waals surface area contributed by atoms with Gasteiger partial charge in [0.05, 0.1) is 15.6 Å². The van der Waals surface area contributed by atoms with Gasteiger partial charge in [-0.15, -0.1) is 0 Å². The van der Waals surface area contributed by atoms with Crippen molar-refractivity contribution >= 4 is 34.9 Å². The summed E-state index contributed by atoms with van der Waals surface area (Å²) in [5.74, 6) is -0.707. The van der Waals surface area contributed by atoms with Crippen LogP contribution in [-0.2, 0) is 6.61 Å². The van der Waals surface area contributed by atoms with E-state index in [1.807, 2.05) is 0 Å². The molecule has 0 aliphatic heterocycles. The van der Waals surface area contributed by atoms with Crippen LogP contribution in [0.5, 0.6) is 5.75 Å². The third-order valence-electron chi connectivity index (χ3n) is 2.68. The fourth-order valence-corrected chi connectivity index (χ4v) is 2.01. The van der Waals surface area contributed by atoms with Gasteiger partial charge >= 0.3 is 5.97 Å². The smallest absolute Gasteiger partial charge is 0.337 e. The number of nitrogen functional groups attached to an aromatic ring is 1. The summed E-state index contributed by atoms with van der Waals surface area (Å²) in [6.45, 7) is 0.183. The summed E-state index contributed by atoms with van der Waals surface area (Å²) in [6.07, 6.45) is 0. The second kappa shape index (κ2) is 6.03. The summed E-state index contributed by atoms with van der Waals surface area (Å²) in [5, 5.41) is 9.84. The number of hydrogen-bond acceptors (Lipinski definition) is 3. The highest BCUT2D eigenvalue weighted by Gasteiger charge is 2.10. The Labute approximate surface area is 125 Å². The summed E-state index contributed by atoms with van der Waals surface area (Å²) >= 11 is 11.9. The summed E-state index contributed by atoms with van der Waals surface area (Å²) < 4.78 is 5.51. The highest BCUT2D eigenvalue weighted by molar-refractivity contribution is 6.42. The van der Waals surface area contributed by atoms with E-state index in [-0.39, 0.29) is 17.9 Å². The first-order valence-electron chi connectivity index (χ1n) is 5.67. The number of carboxylic acid groups (broad SMARTS) is 1. The predicted octanol–water partition coefficient (Wildman–Crippen LogP) is 3.85. The van der Waals surface area contributed by atoms with Crippen LogP contribution in [0.25, 0.3) is 0 Å². The minimum absolute atomic E-state index is 0.000286. The molecule has 0 aliphatic carbocycles. The Morgan fingerprint density at radius 1 is 1.25 bits per heavy atom. The number of carbonyl (C=O) groups is 1. The van der Waals surface area contributed by atoms with Crippen molar-refractivity contribution in [3.8, 4) is 5.75 Å². The van der Waals surface area contributed by atoms with Gasteiger partial charge in [-0.05, 0) is 24.3 Å². The molecule has 0 bridgehead atoms. The Kier molecular flexibility index (Phi) is 4.37. The molecule has 4 nitrogen and oxygen atoms in total. The van der Waals surface area contributed by atoms with E-state index in [1.165, 1.54) is 12.1 Å². The van der Waals surface area contributed by atoms with Gasteiger partial charge < -0.3 is 15.6 Å². The lowest BCUT2D eigenvalue weighted by molar-refractivity contribution is 0.0697. The largest absolute Gasteiger partial charge is 0.489 e. The van der Waals surface area contributed by atoms with Crippen molar-refractivity contribution in [2.24, 2.45) is 0 Å². The van der Waals surface area contributed by atoms with Gasteiger partial charge in [0.2, 0.25) is 0 Å². The number of aromatic carboxylic acids is 1.